The predicted octanol–water partition coefficient (Wildman–Crippen LogP) is 3.15. The first-order valence-corrected chi connectivity index (χ1v) is 9.48. The number of nitrogens with zero attached hydrogens (tertiary/aromatic N) is 3. The van der Waals surface area contributed by atoms with E-state index in [1.807, 2.05) is 72.6 Å². The quantitative estimate of drug-likeness (QED) is 0.741. The first kappa shape index (κ1) is 18.3. The number of nitrogens with one attached hydrogen (secondary N) is 1. The second-order valence-corrected chi connectivity index (χ2v) is 6.91. The molecular formula is C22H24N4O2. The highest BCUT2D eigenvalue weighted by Gasteiger charge is 2.12. The zero-order valence-corrected chi connectivity index (χ0v) is 16.0. The van der Waals surface area contributed by atoms with Gasteiger partial charge < -0.3 is 19.9 Å². The highest BCUT2D eigenvalue weighted by Crippen LogP contribution is 2.20. The summed E-state index contributed by atoms with van der Waals surface area (Å²) < 4.78 is 5.39. The standard InChI is InChI=1S/C22H24N4O2/c1-25(21-11-6-17-4-2-3-5-20(17)24-21)16-22(27)23-18-7-9-19(10-8-18)26-12-14-28-15-13-26/h2-11H,12-16H2,1H3,(H,23,27). The summed E-state index contributed by atoms with van der Waals surface area (Å²) in [6.45, 7) is 3.54. The van der Waals surface area contributed by atoms with Crippen molar-refractivity contribution in [1.82, 2.24) is 4.98 Å². The summed E-state index contributed by atoms with van der Waals surface area (Å²) in [7, 11) is 1.87. The van der Waals surface area contributed by atoms with Crippen molar-refractivity contribution >= 4 is 34.0 Å². The van der Waals surface area contributed by atoms with E-state index in [1.165, 1.54) is 0 Å². The Kier molecular flexibility index (Phi) is 5.39. The Morgan fingerprint density at radius 1 is 1.07 bits per heavy atom. The predicted molar refractivity (Wildman–Crippen MR) is 113 cm³/mol. The van der Waals surface area contributed by atoms with Crippen molar-refractivity contribution in [2.75, 3.05) is 55.0 Å². The van der Waals surface area contributed by atoms with Gasteiger partial charge in [-0.05, 0) is 42.5 Å². The minimum Gasteiger partial charge on any atom is -0.378 e. The van der Waals surface area contributed by atoms with Crippen LogP contribution in [0.25, 0.3) is 10.9 Å². The summed E-state index contributed by atoms with van der Waals surface area (Å²) in [5.41, 5.74) is 2.87. The van der Waals surface area contributed by atoms with Crippen molar-refractivity contribution in [1.29, 1.82) is 0 Å². The Bertz CT molecular complexity index is 952. The van der Waals surface area contributed by atoms with E-state index >= 15 is 0 Å². The molecule has 0 bridgehead atoms. The molecule has 0 spiro atoms. The zero-order valence-electron chi connectivity index (χ0n) is 16.0. The second kappa shape index (κ2) is 8.27. The lowest BCUT2D eigenvalue weighted by atomic mass is 10.2. The van der Waals surface area contributed by atoms with Crippen molar-refractivity contribution in [2.45, 2.75) is 0 Å². The number of carbonyl (C=O) groups excluding carboxylic acids is 1. The fourth-order valence-electron chi connectivity index (χ4n) is 3.34. The Morgan fingerprint density at radius 3 is 2.61 bits per heavy atom. The molecule has 1 aromatic heterocycles. The monoisotopic (exact) mass is 376 g/mol. The molecule has 28 heavy (non-hydrogen) atoms. The number of fused-ring (bicyclic) bond motifs is 1. The van der Waals surface area contributed by atoms with Crippen LogP contribution in [0.15, 0.2) is 60.7 Å². The van der Waals surface area contributed by atoms with E-state index in [0.717, 1.165) is 54.4 Å². The molecule has 2 aromatic carbocycles. The van der Waals surface area contributed by atoms with E-state index in [-0.39, 0.29) is 12.5 Å². The molecular weight excluding hydrogens is 352 g/mol. The SMILES string of the molecule is CN(CC(=O)Nc1ccc(N2CCOCC2)cc1)c1ccc2ccccc2n1. The minimum atomic E-state index is -0.0726. The van der Waals surface area contributed by atoms with Gasteiger partial charge >= 0.3 is 0 Å². The van der Waals surface area contributed by atoms with Gasteiger partial charge in [-0.3, -0.25) is 4.79 Å². The molecule has 0 unspecified atom stereocenters. The Labute approximate surface area is 164 Å². The van der Waals surface area contributed by atoms with Gasteiger partial charge in [0.2, 0.25) is 5.91 Å². The van der Waals surface area contributed by atoms with Crippen LogP contribution in [0.5, 0.6) is 0 Å². The van der Waals surface area contributed by atoms with Gasteiger partial charge in [-0.2, -0.15) is 0 Å². The molecule has 1 amide bonds. The van der Waals surface area contributed by atoms with Crippen molar-refractivity contribution in [3.8, 4) is 0 Å². The summed E-state index contributed by atoms with van der Waals surface area (Å²) in [6.07, 6.45) is 0. The lowest BCUT2D eigenvalue weighted by Gasteiger charge is -2.28. The average molecular weight is 376 g/mol. The van der Waals surface area contributed by atoms with Crippen LogP contribution in [0, 0.1) is 0 Å². The number of ether oxygens (including phenoxy) is 1. The maximum Gasteiger partial charge on any atom is 0.243 e. The van der Waals surface area contributed by atoms with Gasteiger partial charge in [-0.1, -0.05) is 18.2 Å². The number of para-hydroxylation sites is 1. The Hall–Kier alpha value is -3.12. The molecule has 0 saturated carbocycles. The van der Waals surface area contributed by atoms with E-state index in [9.17, 15) is 4.79 Å². The average Bonchev–Trinajstić information content (AvgIpc) is 2.74. The summed E-state index contributed by atoms with van der Waals surface area (Å²) in [5, 5.41) is 4.05. The van der Waals surface area contributed by atoms with E-state index in [4.69, 9.17) is 4.74 Å². The molecule has 1 N–H and O–H groups in total. The fourth-order valence-corrected chi connectivity index (χ4v) is 3.34. The number of amides is 1. The van der Waals surface area contributed by atoms with Crippen molar-refractivity contribution in [3.05, 3.63) is 60.7 Å². The smallest absolute Gasteiger partial charge is 0.243 e. The summed E-state index contributed by atoms with van der Waals surface area (Å²) >= 11 is 0. The number of rotatable bonds is 5. The molecule has 1 saturated heterocycles. The van der Waals surface area contributed by atoms with E-state index in [0.29, 0.717) is 0 Å². The Balaban J connectivity index is 1.36. The molecule has 144 valence electrons. The summed E-state index contributed by atoms with van der Waals surface area (Å²) in [5.74, 6) is 0.702. The van der Waals surface area contributed by atoms with Gasteiger partial charge in [-0.25, -0.2) is 4.98 Å². The number of likely N-dealkylation sites (N-methyl/N-ethyl adjacent to an activating group) is 1. The number of aromatic nitrogens is 1. The third kappa shape index (κ3) is 4.23. The van der Waals surface area contributed by atoms with Gasteiger partial charge in [0.25, 0.3) is 0 Å². The molecule has 1 aliphatic heterocycles. The van der Waals surface area contributed by atoms with Gasteiger partial charge in [-0.15, -0.1) is 0 Å². The molecule has 6 nitrogen and oxygen atoms in total. The van der Waals surface area contributed by atoms with Crippen LogP contribution in [0.3, 0.4) is 0 Å². The first-order chi connectivity index (χ1) is 13.7. The normalized spacial score (nSPS) is 14.1. The third-order valence-corrected chi connectivity index (χ3v) is 4.88. The van der Waals surface area contributed by atoms with Gasteiger partial charge in [0.1, 0.15) is 5.82 Å². The van der Waals surface area contributed by atoms with Crippen LogP contribution in [-0.4, -0.2) is 50.8 Å². The minimum absolute atomic E-state index is 0.0726. The van der Waals surface area contributed by atoms with Gasteiger partial charge in [0.05, 0.1) is 25.3 Å². The highest BCUT2D eigenvalue weighted by molar-refractivity contribution is 5.94. The lowest BCUT2D eigenvalue weighted by Crippen LogP contribution is -2.36. The molecule has 4 rings (SSSR count). The zero-order chi connectivity index (χ0) is 19.3. The number of morpholine rings is 1. The maximum absolute atomic E-state index is 12.4. The number of carbonyl (C=O) groups is 1. The van der Waals surface area contributed by atoms with E-state index in [2.05, 4.69) is 15.2 Å². The molecule has 1 fully saturated rings. The molecule has 0 radical (unpaired) electrons. The molecule has 2 heterocycles. The lowest BCUT2D eigenvalue weighted by molar-refractivity contribution is -0.114. The molecule has 1 aliphatic rings. The third-order valence-electron chi connectivity index (χ3n) is 4.88. The topological polar surface area (TPSA) is 57.7 Å². The van der Waals surface area contributed by atoms with Crippen molar-refractivity contribution in [2.24, 2.45) is 0 Å². The summed E-state index contributed by atoms with van der Waals surface area (Å²) in [4.78, 5) is 21.2. The number of anilines is 3. The number of hydrogen-bond acceptors (Lipinski definition) is 5. The van der Waals surface area contributed by atoms with Crippen molar-refractivity contribution < 1.29 is 9.53 Å². The summed E-state index contributed by atoms with van der Waals surface area (Å²) in [6, 6.07) is 19.9. The molecule has 0 aliphatic carbocycles. The van der Waals surface area contributed by atoms with Crippen molar-refractivity contribution in [3.63, 3.8) is 0 Å². The molecule has 0 atom stereocenters. The maximum atomic E-state index is 12.4. The van der Waals surface area contributed by atoms with Crippen LogP contribution >= 0.6 is 0 Å². The number of benzene rings is 2. The molecule has 3 aromatic rings. The second-order valence-electron chi connectivity index (χ2n) is 6.91. The van der Waals surface area contributed by atoms with Gasteiger partial charge in [0, 0.05) is 36.9 Å². The van der Waals surface area contributed by atoms with E-state index < -0.39 is 0 Å². The van der Waals surface area contributed by atoms with Crippen LogP contribution in [0.1, 0.15) is 0 Å². The van der Waals surface area contributed by atoms with E-state index in [1.54, 1.807) is 0 Å². The number of pyridine rings is 1. The fraction of sp³-hybridized carbons (Fsp3) is 0.273. The van der Waals surface area contributed by atoms with Crippen LogP contribution < -0.4 is 15.1 Å². The highest BCUT2D eigenvalue weighted by atomic mass is 16.5. The number of hydrogen-bond donors (Lipinski definition) is 1. The molecule has 6 heteroatoms. The van der Waals surface area contributed by atoms with Crippen LogP contribution in [-0.2, 0) is 9.53 Å². The largest absolute Gasteiger partial charge is 0.378 e. The van der Waals surface area contributed by atoms with Crippen LogP contribution in [0.2, 0.25) is 0 Å². The van der Waals surface area contributed by atoms with Gasteiger partial charge in [0.15, 0.2) is 0 Å². The first-order valence-electron chi connectivity index (χ1n) is 9.48. The Morgan fingerprint density at radius 2 is 1.82 bits per heavy atom. The van der Waals surface area contributed by atoms with Crippen LogP contribution in [0.4, 0.5) is 17.2 Å².